The van der Waals surface area contributed by atoms with Crippen LogP contribution in [0.15, 0.2) is 30.3 Å². The zero-order valence-electron chi connectivity index (χ0n) is 6.59. The SMILES string of the molecule is O=C(CF)NCc1ccccc1. The maximum absolute atomic E-state index is 11.7. The Kier molecular flexibility index (Phi) is 3.26. The number of rotatable bonds is 3. The van der Waals surface area contributed by atoms with Crippen molar-refractivity contribution in [3.63, 3.8) is 0 Å². The normalized spacial score (nSPS) is 9.42. The van der Waals surface area contributed by atoms with Crippen molar-refractivity contribution in [1.29, 1.82) is 0 Å². The van der Waals surface area contributed by atoms with E-state index in [1.165, 1.54) is 0 Å². The van der Waals surface area contributed by atoms with Gasteiger partial charge in [0.05, 0.1) is 0 Å². The molecule has 0 atom stereocenters. The van der Waals surface area contributed by atoms with Gasteiger partial charge in [0.25, 0.3) is 5.91 Å². The van der Waals surface area contributed by atoms with E-state index in [0.29, 0.717) is 6.54 Å². The number of nitrogens with one attached hydrogen (secondary N) is 1. The van der Waals surface area contributed by atoms with Crippen LogP contribution >= 0.6 is 0 Å². The Balaban J connectivity index is 2.38. The summed E-state index contributed by atoms with van der Waals surface area (Å²) in [5, 5.41) is 2.43. The van der Waals surface area contributed by atoms with E-state index in [4.69, 9.17) is 0 Å². The molecule has 0 aromatic heterocycles. The van der Waals surface area contributed by atoms with Gasteiger partial charge in [-0.1, -0.05) is 30.3 Å². The van der Waals surface area contributed by atoms with Crippen LogP contribution < -0.4 is 5.32 Å². The molecule has 0 fully saturated rings. The van der Waals surface area contributed by atoms with Crippen LogP contribution in [0.1, 0.15) is 5.56 Å². The van der Waals surface area contributed by atoms with E-state index < -0.39 is 12.6 Å². The number of halogens is 1. The van der Waals surface area contributed by atoms with Gasteiger partial charge in [-0.3, -0.25) is 4.79 Å². The smallest absolute Gasteiger partial charge is 0.251 e. The minimum absolute atomic E-state index is 0.392. The summed E-state index contributed by atoms with van der Waals surface area (Å²) in [6, 6.07) is 9.38. The third kappa shape index (κ3) is 2.70. The summed E-state index contributed by atoms with van der Waals surface area (Å²) in [5.41, 5.74) is 0.972. The summed E-state index contributed by atoms with van der Waals surface area (Å²) in [6.45, 7) is -0.559. The highest BCUT2D eigenvalue weighted by molar-refractivity contribution is 5.76. The van der Waals surface area contributed by atoms with Gasteiger partial charge >= 0.3 is 0 Å². The molecule has 1 aromatic rings. The molecule has 64 valence electrons. The lowest BCUT2D eigenvalue weighted by Gasteiger charge is -2.01. The zero-order valence-corrected chi connectivity index (χ0v) is 6.59. The summed E-state index contributed by atoms with van der Waals surface area (Å²) < 4.78 is 11.7. The Hall–Kier alpha value is -1.38. The largest absolute Gasteiger partial charge is 0.350 e. The molecule has 1 amide bonds. The number of benzene rings is 1. The molecule has 3 heteroatoms. The molecule has 0 bridgehead atoms. The van der Waals surface area contributed by atoms with Crippen molar-refractivity contribution in [3.05, 3.63) is 35.9 Å². The maximum atomic E-state index is 11.7. The number of carbonyl (C=O) groups is 1. The lowest BCUT2D eigenvalue weighted by molar-refractivity contribution is -0.122. The van der Waals surface area contributed by atoms with Crippen LogP contribution in [0.25, 0.3) is 0 Å². The van der Waals surface area contributed by atoms with Crippen LogP contribution in [0, 0.1) is 0 Å². The van der Waals surface area contributed by atoms with Crippen LogP contribution in [0.4, 0.5) is 4.39 Å². The fourth-order valence-electron chi connectivity index (χ4n) is 0.844. The van der Waals surface area contributed by atoms with Gasteiger partial charge in [0.2, 0.25) is 0 Å². The molecule has 0 aliphatic heterocycles. The van der Waals surface area contributed by atoms with E-state index in [0.717, 1.165) is 5.56 Å². The van der Waals surface area contributed by atoms with E-state index in [1.807, 2.05) is 30.3 Å². The Morgan fingerprint density at radius 2 is 2.00 bits per heavy atom. The molecule has 0 aliphatic carbocycles. The molecule has 0 unspecified atom stereocenters. The summed E-state index contributed by atoms with van der Waals surface area (Å²) in [5.74, 6) is -0.571. The van der Waals surface area contributed by atoms with Gasteiger partial charge in [-0.25, -0.2) is 4.39 Å². The minimum atomic E-state index is -0.952. The molecule has 0 saturated carbocycles. The first-order valence-corrected chi connectivity index (χ1v) is 3.69. The Morgan fingerprint density at radius 3 is 2.58 bits per heavy atom. The summed E-state index contributed by atoms with van der Waals surface area (Å²) in [6.07, 6.45) is 0. The molecule has 1 N–H and O–H groups in total. The van der Waals surface area contributed by atoms with Gasteiger partial charge in [-0.05, 0) is 5.56 Å². The predicted octanol–water partition coefficient (Wildman–Crippen LogP) is 1.27. The second-order valence-corrected chi connectivity index (χ2v) is 2.40. The Bertz CT molecular complexity index is 248. The summed E-state index contributed by atoms with van der Waals surface area (Å²) >= 11 is 0. The molecule has 0 radical (unpaired) electrons. The molecule has 0 heterocycles. The quantitative estimate of drug-likeness (QED) is 0.721. The van der Waals surface area contributed by atoms with Crippen molar-refractivity contribution in [2.75, 3.05) is 6.67 Å². The average Bonchev–Trinajstić information content (AvgIpc) is 2.16. The highest BCUT2D eigenvalue weighted by atomic mass is 19.1. The maximum Gasteiger partial charge on any atom is 0.251 e. The van der Waals surface area contributed by atoms with Gasteiger partial charge < -0.3 is 5.32 Å². The van der Waals surface area contributed by atoms with Crippen LogP contribution in [0.5, 0.6) is 0 Å². The van der Waals surface area contributed by atoms with Crippen LogP contribution in [0.3, 0.4) is 0 Å². The van der Waals surface area contributed by atoms with Crippen molar-refractivity contribution in [2.24, 2.45) is 0 Å². The van der Waals surface area contributed by atoms with Crippen molar-refractivity contribution in [3.8, 4) is 0 Å². The van der Waals surface area contributed by atoms with Gasteiger partial charge in [-0.15, -0.1) is 0 Å². The molecular weight excluding hydrogens is 157 g/mol. The molecule has 2 nitrogen and oxygen atoms in total. The standard InChI is InChI=1S/C9H10FNO/c10-6-9(12)11-7-8-4-2-1-3-5-8/h1-5H,6-7H2,(H,11,12). The average molecular weight is 167 g/mol. The van der Waals surface area contributed by atoms with Crippen molar-refractivity contribution in [1.82, 2.24) is 5.32 Å². The Morgan fingerprint density at radius 1 is 1.33 bits per heavy atom. The third-order valence-electron chi connectivity index (χ3n) is 1.45. The first kappa shape index (κ1) is 8.71. The number of hydrogen-bond acceptors (Lipinski definition) is 1. The highest BCUT2D eigenvalue weighted by Gasteiger charge is 1.97. The van der Waals surface area contributed by atoms with Crippen molar-refractivity contribution in [2.45, 2.75) is 6.54 Å². The van der Waals surface area contributed by atoms with E-state index >= 15 is 0 Å². The summed E-state index contributed by atoms with van der Waals surface area (Å²) in [4.78, 5) is 10.5. The van der Waals surface area contributed by atoms with Crippen LogP contribution in [-0.2, 0) is 11.3 Å². The van der Waals surface area contributed by atoms with Gasteiger partial charge in [0.15, 0.2) is 6.67 Å². The van der Waals surface area contributed by atoms with E-state index in [2.05, 4.69) is 5.32 Å². The molecule has 1 rings (SSSR count). The Labute approximate surface area is 70.4 Å². The van der Waals surface area contributed by atoms with Crippen molar-refractivity contribution >= 4 is 5.91 Å². The van der Waals surface area contributed by atoms with E-state index in [9.17, 15) is 9.18 Å². The molecule has 0 spiro atoms. The van der Waals surface area contributed by atoms with Crippen molar-refractivity contribution < 1.29 is 9.18 Å². The molecule has 1 aromatic carbocycles. The minimum Gasteiger partial charge on any atom is -0.350 e. The lowest BCUT2D eigenvalue weighted by atomic mass is 10.2. The number of amides is 1. The van der Waals surface area contributed by atoms with Gasteiger partial charge in [0, 0.05) is 6.54 Å². The predicted molar refractivity (Wildman–Crippen MR) is 44.3 cm³/mol. The monoisotopic (exact) mass is 167 g/mol. The summed E-state index contributed by atoms with van der Waals surface area (Å²) in [7, 11) is 0. The fourth-order valence-corrected chi connectivity index (χ4v) is 0.844. The molecule has 12 heavy (non-hydrogen) atoms. The first-order chi connectivity index (χ1) is 5.83. The van der Waals surface area contributed by atoms with E-state index in [-0.39, 0.29) is 0 Å². The number of hydrogen-bond donors (Lipinski definition) is 1. The third-order valence-corrected chi connectivity index (χ3v) is 1.45. The topological polar surface area (TPSA) is 29.1 Å². The molecule has 0 saturated heterocycles. The lowest BCUT2D eigenvalue weighted by Crippen LogP contribution is -2.23. The van der Waals surface area contributed by atoms with Crippen LogP contribution in [0.2, 0.25) is 0 Å². The zero-order chi connectivity index (χ0) is 8.81. The fraction of sp³-hybridized carbons (Fsp3) is 0.222. The highest BCUT2D eigenvalue weighted by Crippen LogP contribution is 1.96. The number of carbonyl (C=O) groups excluding carboxylic acids is 1. The second kappa shape index (κ2) is 4.49. The van der Waals surface area contributed by atoms with Crippen LogP contribution in [-0.4, -0.2) is 12.6 Å². The number of alkyl halides is 1. The van der Waals surface area contributed by atoms with Gasteiger partial charge in [-0.2, -0.15) is 0 Å². The second-order valence-electron chi connectivity index (χ2n) is 2.40. The first-order valence-electron chi connectivity index (χ1n) is 3.69. The van der Waals surface area contributed by atoms with Gasteiger partial charge in [0.1, 0.15) is 0 Å². The molecular formula is C9H10FNO. The molecule has 0 aliphatic rings. The van der Waals surface area contributed by atoms with E-state index in [1.54, 1.807) is 0 Å².